The molecule has 0 aliphatic carbocycles. The highest BCUT2D eigenvalue weighted by Gasteiger charge is 2.36. The van der Waals surface area contributed by atoms with Gasteiger partial charge in [-0.2, -0.15) is 0 Å². The van der Waals surface area contributed by atoms with Gasteiger partial charge in [-0.15, -0.1) is 0 Å². The summed E-state index contributed by atoms with van der Waals surface area (Å²) in [6, 6.07) is 25.1. The summed E-state index contributed by atoms with van der Waals surface area (Å²) in [4.78, 5) is 44.6. The fourth-order valence-electron chi connectivity index (χ4n) is 5.20. The number of benzene rings is 4. The highest BCUT2D eigenvalue weighted by Crippen LogP contribution is 2.37. The molecule has 1 aliphatic rings. The molecule has 0 bridgehead atoms. The lowest BCUT2D eigenvalue weighted by molar-refractivity contribution is -0.140. The summed E-state index contributed by atoms with van der Waals surface area (Å²) in [6.07, 6.45) is 0.291. The summed E-state index contributed by atoms with van der Waals surface area (Å²) in [6.45, 7) is 5.58. The van der Waals surface area contributed by atoms with Crippen LogP contribution >= 0.6 is 23.2 Å². The van der Waals surface area contributed by atoms with Gasteiger partial charge in [0.05, 0.1) is 15.7 Å². The average Bonchev–Trinajstić information content (AvgIpc) is 3.20. The molecule has 210 valence electrons. The lowest BCUT2D eigenvalue weighted by atomic mass is 10.0. The Morgan fingerprint density at radius 1 is 0.878 bits per heavy atom. The summed E-state index contributed by atoms with van der Waals surface area (Å²) in [5, 5.41) is 5.57. The Labute approximate surface area is 249 Å². The Balaban J connectivity index is 1.53. The van der Waals surface area contributed by atoms with Crippen LogP contribution < -0.4 is 10.2 Å². The predicted molar refractivity (Wildman–Crippen MR) is 164 cm³/mol. The quantitative estimate of drug-likeness (QED) is 0.250. The second kappa shape index (κ2) is 11.6. The minimum Gasteiger partial charge on any atom is -0.350 e. The molecule has 0 radical (unpaired) electrons. The van der Waals surface area contributed by atoms with E-state index in [1.54, 1.807) is 29.2 Å². The number of amides is 3. The van der Waals surface area contributed by atoms with Crippen molar-refractivity contribution in [1.29, 1.82) is 0 Å². The van der Waals surface area contributed by atoms with E-state index in [-0.39, 0.29) is 30.8 Å². The van der Waals surface area contributed by atoms with Crippen molar-refractivity contribution in [2.45, 2.75) is 45.3 Å². The predicted octanol–water partition coefficient (Wildman–Crippen LogP) is 6.66. The lowest BCUT2D eigenvalue weighted by Gasteiger charge is -2.35. The summed E-state index contributed by atoms with van der Waals surface area (Å²) < 4.78 is 0. The van der Waals surface area contributed by atoms with Gasteiger partial charge in [-0.05, 0) is 61.5 Å². The van der Waals surface area contributed by atoms with E-state index < -0.39 is 11.6 Å². The molecule has 0 fully saturated rings. The van der Waals surface area contributed by atoms with Crippen LogP contribution in [0.4, 0.5) is 5.69 Å². The Morgan fingerprint density at radius 2 is 1.59 bits per heavy atom. The van der Waals surface area contributed by atoms with Crippen LogP contribution in [0, 0.1) is 0 Å². The van der Waals surface area contributed by atoms with Crippen molar-refractivity contribution in [2.75, 3.05) is 11.4 Å². The van der Waals surface area contributed by atoms with Crippen LogP contribution in [0.5, 0.6) is 0 Å². The van der Waals surface area contributed by atoms with Crippen LogP contribution in [-0.2, 0) is 22.6 Å². The summed E-state index contributed by atoms with van der Waals surface area (Å²) in [5.74, 6) is -0.884. The molecule has 1 heterocycles. The summed E-state index contributed by atoms with van der Waals surface area (Å²) in [7, 11) is 0. The van der Waals surface area contributed by atoms with E-state index in [4.69, 9.17) is 23.2 Å². The normalized spacial score (nSPS) is 13.4. The summed E-state index contributed by atoms with van der Waals surface area (Å²) in [5.41, 5.74) is 2.35. The standard InChI is InChI=1S/C33H31Cl2N3O3/c1-33(2,3)36-31(40)28(18-21-9-5-4-6-10-21)37(19-22-15-16-25(34)26(35)17-22)29(39)20-38-27-14-8-12-23-11-7-13-24(30(23)27)32(38)41/h4-17,28H,18-20H2,1-3H3,(H,36,40). The monoisotopic (exact) mass is 587 g/mol. The number of rotatable bonds is 8. The van der Waals surface area contributed by atoms with Gasteiger partial charge in [0.2, 0.25) is 11.8 Å². The largest absolute Gasteiger partial charge is 0.350 e. The van der Waals surface area contributed by atoms with Crippen LogP contribution in [0.2, 0.25) is 10.0 Å². The molecular weight excluding hydrogens is 557 g/mol. The van der Waals surface area contributed by atoms with E-state index in [0.29, 0.717) is 33.3 Å². The topological polar surface area (TPSA) is 69.7 Å². The third kappa shape index (κ3) is 6.24. The SMILES string of the molecule is CC(C)(C)NC(=O)C(Cc1ccccc1)N(Cc1ccc(Cl)c(Cl)c1)C(=O)CN1C(=O)c2cccc3cccc1c23. The van der Waals surface area contributed by atoms with Crippen LogP contribution in [0.3, 0.4) is 0 Å². The first-order valence-corrected chi connectivity index (χ1v) is 14.2. The third-order valence-electron chi connectivity index (χ3n) is 7.05. The number of hydrogen-bond donors (Lipinski definition) is 1. The molecule has 4 aromatic carbocycles. The molecule has 4 aromatic rings. The number of nitrogens with zero attached hydrogens (tertiary/aromatic N) is 2. The van der Waals surface area contributed by atoms with Crippen LogP contribution in [0.15, 0.2) is 84.9 Å². The highest BCUT2D eigenvalue weighted by atomic mass is 35.5. The van der Waals surface area contributed by atoms with Gasteiger partial charge in [-0.25, -0.2) is 0 Å². The molecule has 0 spiro atoms. The zero-order valence-corrected chi connectivity index (χ0v) is 24.7. The lowest BCUT2D eigenvalue weighted by Crippen LogP contribution is -2.56. The zero-order chi connectivity index (χ0) is 29.3. The molecule has 1 unspecified atom stereocenters. The van der Waals surface area contributed by atoms with Crippen molar-refractivity contribution in [3.05, 3.63) is 112 Å². The Morgan fingerprint density at radius 3 is 2.27 bits per heavy atom. The zero-order valence-electron chi connectivity index (χ0n) is 23.2. The number of anilines is 1. The molecule has 1 aliphatic heterocycles. The number of carbonyl (C=O) groups excluding carboxylic acids is 3. The molecule has 8 heteroatoms. The maximum atomic E-state index is 14.3. The van der Waals surface area contributed by atoms with Crippen molar-refractivity contribution in [3.63, 3.8) is 0 Å². The molecule has 0 saturated carbocycles. The fraction of sp³-hybridized carbons (Fsp3) is 0.242. The van der Waals surface area contributed by atoms with E-state index in [9.17, 15) is 14.4 Å². The van der Waals surface area contributed by atoms with Crippen molar-refractivity contribution in [2.24, 2.45) is 0 Å². The van der Waals surface area contributed by atoms with Crippen molar-refractivity contribution in [1.82, 2.24) is 10.2 Å². The molecule has 5 rings (SSSR count). The van der Waals surface area contributed by atoms with E-state index in [1.165, 1.54) is 4.90 Å². The molecule has 1 atom stereocenters. The fourth-order valence-corrected chi connectivity index (χ4v) is 5.52. The van der Waals surface area contributed by atoms with Gasteiger partial charge in [-0.3, -0.25) is 19.3 Å². The van der Waals surface area contributed by atoms with Crippen molar-refractivity contribution < 1.29 is 14.4 Å². The molecular formula is C33H31Cl2N3O3. The highest BCUT2D eigenvalue weighted by molar-refractivity contribution is 6.42. The smallest absolute Gasteiger partial charge is 0.259 e. The van der Waals surface area contributed by atoms with E-state index in [0.717, 1.165) is 16.3 Å². The van der Waals surface area contributed by atoms with E-state index >= 15 is 0 Å². The minimum atomic E-state index is -0.852. The van der Waals surface area contributed by atoms with Gasteiger partial charge in [0.15, 0.2) is 0 Å². The Kier molecular flexibility index (Phi) is 8.07. The molecule has 3 amide bonds. The van der Waals surface area contributed by atoms with Crippen LogP contribution in [0.1, 0.15) is 42.3 Å². The van der Waals surface area contributed by atoms with Gasteiger partial charge in [0.25, 0.3) is 5.91 Å². The maximum Gasteiger partial charge on any atom is 0.259 e. The van der Waals surface area contributed by atoms with Crippen LogP contribution in [-0.4, -0.2) is 40.7 Å². The first-order chi connectivity index (χ1) is 19.5. The first-order valence-electron chi connectivity index (χ1n) is 13.4. The van der Waals surface area contributed by atoms with Gasteiger partial charge >= 0.3 is 0 Å². The minimum absolute atomic E-state index is 0.101. The Hall–Kier alpha value is -3.87. The number of nitrogens with one attached hydrogen (secondary N) is 1. The van der Waals surface area contributed by atoms with Gasteiger partial charge < -0.3 is 10.2 Å². The van der Waals surface area contributed by atoms with Gasteiger partial charge in [0, 0.05) is 29.5 Å². The number of hydrogen-bond acceptors (Lipinski definition) is 3. The molecule has 0 aromatic heterocycles. The Bertz CT molecular complexity index is 1630. The van der Waals surface area contributed by atoms with E-state index in [2.05, 4.69) is 5.32 Å². The van der Waals surface area contributed by atoms with Crippen molar-refractivity contribution >= 4 is 57.4 Å². The average molecular weight is 589 g/mol. The molecule has 6 nitrogen and oxygen atoms in total. The summed E-state index contributed by atoms with van der Waals surface area (Å²) >= 11 is 12.5. The van der Waals surface area contributed by atoms with Gasteiger partial charge in [0.1, 0.15) is 12.6 Å². The van der Waals surface area contributed by atoms with Crippen LogP contribution in [0.25, 0.3) is 10.8 Å². The maximum absolute atomic E-state index is 14.3. The number of carbonyl (C=O) groups is 3. The molecule has 0 saturated heterocycles. The van der Waals surface area contributed by atoms with Gasteiger partial charge in [-0.1, -0.05) is 83.9 Å². The third-order valence-corrected chi connectivity index (χ3v) is 7.79. The second-order valence-corrected chi connectivity index (χ2v) is 12.1. The van der Waals surface area contributed by atoms with E-state index in [1.807, 2.05) is 81.4 Å². The molecule has 1 N–H and O–H groups in total. The second-order valence-electron chi connectivity index (χ2n) is 11.3. The van der Waals surface area contributed by atoms with Crippen molar-refractivity contribution in [3.8, 4) is 0 Å². The molecule has 41 heavy (non-hydrogen) atoms. The first kappa shape index (κ1) is 28.7. The number of halogens is 2.